The molecule has 0 spiro atoms. The van der Waals surface area contributed by atoms with Gasteiger partial charge in [-0.05, 0) is 68.0 Å². The first-order chi connectivity index (χ1) is 18.4. The zero-order valence-electron chi connectivity index (χ0n) is 24.4. The van der Waals surface area contributed by atoms with Crippen LogP contribution in [0.3, 0.4) is 0 Å². The maximum Gasteiger partial charge on any atom is 0.254 e. The molecule has 2 aromatic rings. The first kappa shape index (κ1) is 30.6. The summed E-state index contributed by atoms with van der Waals surface area (Å²) in [6.45, 7) is 12.6. The molecule has 1 unspecified atom stereocenters. The first-order valence-electron chi connectivity index (χ1n) is 14.0. The number of nitrogens with zero attached hydrogens (tertiary/aromatic N) is 1. The minimum atomic E-state index is -1.02. The standard InChI is InChI=1S/C31H46N4O4/c1-30(2,3)21-32-16-10-17-33-27(36)25(20-22-14-15-23-11-7-8-12-24(23)19-22)34-28(37)26-13-9-18-35(26)29(38)31(4,5)39-6/h7-8,11-12,14-15,19,25-26,32H,9-10,13,16-18,20-21H2,1-6H3,(H,33,36)(H,34,37)/t25-,26?/m1/s1. The maximum absolute atomic E-state index is 13.5. The normalized spacial score (nSPS) is 16.8. The van der Waals surface area contributed by atoms with E-state index in [1.807, 2.05) is 36.4 Å². The van der Waals surface area contributed by atoms with Crippen LogP contribution < -0.4 is 16.0 Å². The van der Waals surface area contributed by atoms with E-state index in [1.165, 1.54) is 7.11 Å². The number of carbonyl (C=O) groups is 3. The lowest BCUT2D eigenvalue weighted by Gasteiger charge is -2.32. The first-order valence-corrected chi connectivity index (χ1v) is 14.0. The third-order valence-electron chi connectivity index (χ3n) is 7.21. The van der Waals surface area contributed by atoms with Crippen molar-refractivity contribution < 1.29 is 19.1 Å². The average Bonchev–Trinajstić information content (AvgIpc) is 3.39. The van der Waals surface area contributed by atoms with E-state index in [4.69, 9.17) is 4.74 Å². The van der Waals surface area contributed by atoms with Crippen LogP contribution in [0.15, 0.2) is 42.5 Å². The van der Waals surface area contributed by atoms with Gasteiger partial charge in [0.1, 0.15) is 17.7 Å². The number of likely N-dealkylation sites (tertiary alicyclic amines) is 1. The quantitative estimate of drug-likeness (QED) is 0.360. The van der Waals surface area contributed by atoms with Crippen molar-refractivity contribution in [3.63, 3.8) is 0 Å². The van der Waals surface area contributed by atoms with E-state index in [0.717, 1.165) is 42.3 Å². The Labute approximate surface area is 233 Å². The molecule has 0 bridgehead atoms. The van der Waals surface area contributed by atoms with E-state index in [1.54, 1.807) is 18.7 Å². The van der Waals surface area contributed by atoms with Crippen LogP contribution >= 0.6 is 0 Å². The Kier molecular flexibility index (Phi) is 10.5. The number of carbonyl (C=O) groups excluding carboxylic acids is 3. The predicted octanol–water partition coefficient (Wildman–Crippen LogP) is 3.43. The van der Waals surface area contributed by atoms with Crippen molar-refractivity contribution in [3.05, 3.63) is 48.0 Å². The fraction of sp³-hybridized carbons (Fsp3) is 0.581. The van der Waals surface area contributed by atoms with Crippen LogP contribution in [-0.4, -0.2) is 73.6 Å². The van der Waals surface area contributed by atoms with Crippen molar-refractivity contribution in [1.29, 1.82) is 0 Å². The van der Waals surface area contributed by atoms with Crippen molar-refractivity contribution in [2.24, 2.45) is 5.41 Å². The number of methoxy groups -OCH3 is 1. The van der Waals surface area contributed by atoms with Crippen LogP contribution in [0.25, 0.3) is 10.8 Å². The molecule has 0 saturated carbocycles. The molecule has 3 rings (SSSR count). The summed E-state index contributed by atoms with van der Waals surface area (Å²) in [6.07, 6.45) is 2.43. The monoisotopic (exact) mass is 538 g/mol. The van der Waals surface area contributed by atoms with E-state index in [9.17, 15) is 14.4 Å². The van der Waals surface area contributed by atoms with Gasteiger partial charge in [-0.3, -0.25) is 14.4 Å². The molecule has 1 fully saturated rings. The number of rotatable bonds is 12. The van der Waals surface area contributed by atoms with Gasteiger partial charge in [-0.25, -0.2) is 0 Å². The highest BCUT2D eigenvalue weighted by molar-refractivity contribution is 5.94. The molecule has 1 heterocycles. The van der Waals surface area contributed by atoms with Gasteiger partial charge in [-0.2, -0.15) is 0 Å². The molecule has 3 amide bonds. The number of hydrogen-bond acceptors (Lipinski definition) is 5. The summed E-state index contributed by atoms with van der Waals surface area (Å²) in [5, 5.41) is 11.6. The summed E-state index contributed by atoms with van der Waals surface area (Å²) in [7, 11) is 1.49. The minimum Gasteiger partial charge on any atom is -0.369 e. The van der Waals surface area contributed by atoms with Crippen LogP contribution in [-0.2, 0) is 25.5 Å². The van der Waals surface area contributed by atoms with Gasteiger partial charge in [0.05, 0.1) is 0 Å². The van der Waals surface area contributed by atoms with Crippen molar-refractivity contribution >= 4 is 28.5 Å². The zero-order chi connectivity index (χ0) is 28.6. The molecule has 2 atom stereocenters. The van der Waals surface area contributed by atoms with Gasteiger partial charge in [0, 0.05) is 26.6 Å². The van der Waals surface area contributed by atoms with Gasteiger partial charge in [0.25, 0.3) is 5.91 Å². The number of nitrogens with one attached hydrogen (secondary N) is 3. The van der Waals surface area contributed by atoms with Gasteiger partial charge in [0.15, 0.2) is 0 Å². The summed E-state index contributed by atoms with van der Waals surface area (Å²) in [5.74, 6) is -0.748. The maximum atomic E-state index is 13.5. The SMILES string of the molecule is COC(C)(C)C(=O)N1CCCC1C(=O)N[C@H](Cc1ccc2ccccc2c1)C(=O)NCCCNCC(C)(C)C. The van der Waals surface area contributed by atoms with Crippen molar-refractivity contribution in [1.82, 2.24) is 20.9 Å². The summed E-state index contributed by atoms with van der Waals surface area (Å²) < 4.78 is 5.37. The van der Waals surface area contributed by atoms with E-state index >= 15 is 0 Å². The van der Waals surface area contributed by atoms with Crippen LogP contribution in [0.2, 0.25) is 0 Å². The fourth-order valence-electron chi connectivity index (χ4n) is 4.81. The smallest absolute Gasteiger partial charge is 0.254 e. The Balaban J connectivity index is 1.70. The minimum absolute atomic E-state index is 0.201. The predicted molar refractivity (Wildman–Crippen MR) is 155 cm³/mol. The zero-order valence-corrected chi connectivity index (χ0v) is 24.4. The van der Waals surface area contributed by atoms with Crippen molar-refractivity contribution in [2.75, 3.05) is 33.3 Å². The highest BCUT2D eigenvalue weighted by atomic mass is 16.5. The van der Waals surface area contributed by atoms with Gasteiger partial charge < -0.3 is 25.6 Å². The van der Waals surface area contributed by atoms with E-state index < -0.39 is 17.7 Å². The fourth-order valence-corrected chi connectivity index (χ4v) is 4.81. The lowest BCUT2D eigenvalue weighted by atomic mass is 9.97. The van der Waals surface area contributed by atoms with Crippen molar-refractivity contribution in [3.8, 4) is 0 Å². The second kappa shape index (κ2) is 13.4. The summed E-state index contributed by atoms with van der Waals surface area (Å²) >= 11 is 0. The molecule has 3 N–H and O–H groups in total. The molecule has 0 aromatic heterocycles. The van der Waals surface area contributed by atoms with E-state index in [-0.39, 0.29) is 23.1 Å². The molecule has 214 valence electrons. The molecule has 0 radical (unpaired) electrons. The Morgan fingerprint density at radius 3 is 2.44 bits per heavy atom. The summed E-state index contributed by atoms with van der Waals surface area (Å²) in [6, 6.07) is 12.8. The average molecular weight is 539 g/mol. The van der Waals surface area contributed by atoms with E-state index in [2.05, 4.69) is 42.8 Å². The molecule has 8 heteroatoms. The number of amides is 3. The Morgan fingerprint density at radius 1 is 1.03 bits per heavy atom. The highest BCUT2D eigenvalue weighted by Gasteiger charge is 2.41. The van der Waals surface area contributed by atoms with Crippen LogP contribution in [0, 0.1) is 5.41 Å². The Morgan fingerprint density at radius 2 is 1.74 bits per heavy atom. The van der Waals surface area contributed by atoms with Crippen LogP contribution in [0.4, 0.5) is 0 Å². The third-order valence-corrected chi connectivity index (χ3v) is 7.21. The molecule has 1 saturated heterocycles. The topological polar surface area (TPSA) is 99.8 Å². The van der Waals surface area contributed by atoms with Gasteiger partial charge in [-0.15, -0.1) is 0 Å². The molecular formula is C31H46N4O4. The van der Waals surface area contributed by atoms with E-state index in [0.29, 0.717) is 25.9 Å². The number of ether oxygens (including phenoxy) is 1. The van der Waals surface area contributed by atoms with Crippen molar-refractivity contribution in [2.45, 2.75) is 78.0 Å². The molecule has 1 aliphatic heterocycles. The summed E-state index contributed by atoms with van der Waals surface area (Å²) in [5.41, 5.74) is 0.138. The largest absolute Gasteiger partial charge is 0.369 e. The highest BCUT2D eigenvalue weighted by Crippen LogP contribution is 2.24. The second-order valence-corrected chi connectivity index (χ2v) is 12.2. The number of hydrogen-bond donors (Lipinski definition) is 3. The number of benzene rings is 2. The molecule has 2 aromatic carbocycles. The van der Waals surface area contributed by atoms with Crippen LogP contribution in [0.1, 0.15) is 59.4 Å². The molecule has 1 aliphatic rings. The number of fused-ring (bicyclic) bond motifs is 1. The van der Waals surface area contributed by atoms with Gasteiger partial charge in [-0.1, -0.05) is 63.2 Å². The Hall–Kier alpha value is -2.97. The molecule has 8 nitrogen and oxygen atoms in total. The second-order valence-electron chi connectivity index (χ2n) is 12.2. The van der Waals surface area contributed by atoms with Gasteiger partial charge >= 0.3 is 0 Å². The lowest BCUT2D eigenvalue weighted by Crippen LogP contribution is -2.56. The lowest BCUT2D eigenvalue weighted by molar-refractivity contribution is -0.154. The summed E-state index contributed by atoms with van der Waals surface area (Å²) in [4.78, 5) is 41.5. The molecular weight excluding hydrogens is 492 g/mol. The molecule has 39 heavy (non-hydrogen) atoms. The molecule has 0 aliphatic carbocycles. The van der Waals surface area contributed by atoms with Crippen LogP contribution in [0.5, 0.6) is 0 Å². The Bertz CT molecular complexity index is 1140. The van der Waals surface area contributed by atoms with Gasteiger partial charge in [0.2, 0.25) is 11.8 Å². The third kappa shape index (κ3) is 8.77.